The van der Waals surface area contributed by atoms with E-state index in [1.54, 1.807) is 0 Å². The van der Waals surface area contributed by atoms with Crippen LogP contribution in [0.3, 0.4) is 0 Å². The molecule has 1 aliphatic carbocycles. The maximum absolute atomic E-state index is 14.0. The predicted octanol–water partition coefficient (Wildman–Crippen LogP) is 5.78. The second-order valence-electron chi connectivity index (χ2n) is 6.80. The summed E-state index contributed by atoms with van der Waals surface area (Å²) in [6, 6.07) is 7.85. The zero-order chi connectivity index (χ0) is 22.2. The van der Waals surface area contributed by atoms with Crippen LogP contribution in [0.4, 0.5) is 43.8 Å². The predicted molar refractivity (Wildman–Crippen MR) is 100 cm³/mol. The van der Waals surface area contributed by atoms with Gasteiger partial charge in [-0.05, 0) is 37.1 Å². The Labute approximate surface area is 172 Å². The first-order valence-electron chi connectivity index (χ1n) is 9.10. The Kier molecular flexibility index (Phi) is 5.34. The van der Waals surface area contributed by atoms with Gasteiger partial charge in [-0.15, -0.1) is 13.2 Å². The third-order valence-corrected chi connectivity index (χ3v) is 4.30. The Hall–Kier alpha value is -3.50. The standard InChI is InChI=1S/C20H14F6N4O/c21-13-6-7-14(22)18(17(13)23)29-16-9-15(28-19(30-16)27-11-4-5-11)10-2-1-3-12(8-10)31-20(24,25)26/h1-3,6-9,11H,4-5H2,(H2,27,28,29,30). The van der Waals surface area contributed by atoms with Gasteiger partial charge in [-0.2, -0.15) is 4.98 Å². The fourth-order valence-electron chi connectivity index (χ4n) is 2.76. The van der Waals surface area contributed by atoms with Gasteiger partial charge in [-0.25, -0.2) is 18.2 Å². The van der Waals surface area contributed by atoms with Crippen LogP contribution in [0.25, 0.3) is 11.3 Å². The number of ether oxygens (including phenoxy) is 1. The Morgan fingerprint density at radius 3 is 2.39 bits per heavy atom. The highest BCUT2D eigenvalue weighted by Crippen LogP contribution is 2.31. The third-order valence-electron chi connectivity index (χ3n) is 4.30. The number of hydrogen-bond acceptors (Lipinski definition) is 5. The van der Waals surface area contributed by atoms with Gasteiger partial charge in [0, 0.05) is 17.7 Å². The van der Waals surface area contributed by atoms with E-state index in [1.165, 1.54) is 18.2 Å². The molecule has 0 spiro atoms. The van der Waals surface area contributed by atoms with Gasteiger partial charge in [0.1, 0.15) is 23.1 Å². The first kappa shape index (κ1) is 20.8. The molecule has 0 aliphatic heterocycles. The van der Waals surface area contributed by atoms with E-state index in [9.17, 15) is 26.3 Å². The quantitative estimate of drug-likeness (QED) is 0.376. The summed E-state index contributed by atoms with van der Waals surface area (Å²) in [4.78, 5) is 8.39. The molecule has 1 aromatic heterocycles. The SMILES string of the molecule is Fc1ccc(F)c(Nc2cc(-c3cccc(OC(F)(F)F)c3)nc(NC3CC3)n2)c1F. The smallest absolute Gasteiger partial charge is 0.406 e. The van der Waals surface area contributed by atoms with Gasteiger partial charge in [-0.3, -0.25) is 0 Å². The van der Waals surface area contributed by atoms with Crippen LogP contribution in [0.1, 0.15) is 12.8 Å². The summed E-state index contributed by atoms with van der Waals surface area (Å²) in [5, 5.41) is 5.40. The molecule has 3 aromatic rings. The number of nitrogens with one attached hydrogen (secondary N) is 2. The topological polar surface area (TPSA) is 59.1 Å². The lowest BCUT2D eigenvalue weighted by Gasteiger charge is -2.13. The van der Waals surface area contributed by atoms with E-state index in [4.69, 9.17) is 0 Å². The summed E-state index contributed by atoms with van der Waals surface area (Å²) >= 11 is 0. The van der Waals surface area contributed by atoms with Crippen molar-refractivity contribution in [1.29, 1.82) is 0 Å². The highest BCUT2D eigenvalue weighted by molar-refractivity contribution is 5.69. The second kappa shape index (κ2) is 7.97. The maximum atomic E-state index is 14.0. The van der Waals surface area contributed by atoms with Crippen molar-refractivity contribution in [1.82, 2.24) is 9.97 Å². The van der Waals surface area contributed by atoms with Crippen LogP contribution in [0.15, 0.2) is 42.5 Å². The van der Waals surface area contributed by atoms with Crippen molar-refractivity contribution in [2.45, 2.75) is 25.2 Å². The highest BCUT2D eigenvalue weighted by atomic mass is 19.4. The average Bonchev–Trinajstić information content (AvgIpc) is 3.51. The molecule has 1 heterocycles. The minimum absolute atomic E-state index is 0.0845. The molecule has 0 bridgehead atoms. The number of hydrogen-bond donors (Lipinski definition) is 2. The fraction of sp³-hybridized carbons (Fsp3) is 0.200. The number of halogens is 6. The molecule has 0 unspecified atom stereocenters. The highest BCUT2D eigenvalue weighted by Gasteiger charge is 2.31. The van der Waals surface area contributed by atoms with Crippen molar-refractivity contribution in [3.63, 3.8) is 0 Å². The number of nitrogens with zero attached hydrogens (tertiary/aromatic N) is 2. The van der Waals surface area contributed by atoms with E-state index in [1.807, 2.05) is 0 Å². The molecule has 1 saturated carbocycles. The zero-order valence-corrected chi connectivity index (χ0v) is 15.6. The second-order valence-corrected chi connectivity index (χ2v) is 6.80. The number of benzene rings is 2. The molecule has 1 fully saturated rings. The molecule has 1 aliphatic rings. The van der Waals surface area contributed by atoms with Crippen LogP contribution in [-0.4, -0.2) is 22.4 Å². The summed E-state index contributed by atoms with van der Waals surface area (Å²) in [6.45, 7) is 0. The van der Waals surface area contributed by atoms with Crippen LogP contribution >= 0.6 is 0 Å². The van der Waals surface area contributed by atoms with Crippen molar-refractivity contribution >= 4 is 17.5 Å². The summed E-state index contributed by atoms with van der Waals surface area (Å²) in [5.74, 6) is -4.18. The third kappa shape index (κ3) is 5.16. The Balaban J connectivity index is 1.72. The van der Waals surface area contributed by atoms with E-state index in [0.29, 0.717) is 6.07 Å². The molecule has 11 heteroatoms. The molecule has 5 nitrogen and oxygen atoms in total. The van der Waals surface area contributed by atoms with Crippen molar-refractivity contribution in [3.8, 4) is 17.0 Å². The first-order valence-corrected chi connectivity index (χ1v) is 9.10. The lowest BCUT2D eigenvalue weighted by Crippen LogP contribution is -2.17. The Morgan fingerprint density at radius 2 is 1.68 bits per heavy atom. The summed E-state index contributed by atoms with van der Waals surface area (Å²) in [6.07, 6.45) is -3.13. The molecule has 31 heavy (non-hydrogen) atoms. The monoisotopic (exact) mass is 440 g/mol. The van der Waals surface area contributed by atoms with Crippen LogP contribution in [-0.2, 0) is 0 Å². The minimum atomic E-state index is -4.87. The minimum Gasteiger partial charge on any atom is -0.406 e. The molecule has 2 aromatic carbocycles. The van der Waals surface area contributed by atoms with E-state index < -0.39 is 35.3 Å². The number of aromatic nitrogens is 2. The number of rotatable bonds is 6. The van der Waals surface area contributed by atoms with Gasteiger partial charge in [-0.1, -0.05) is 12.1 Å². The van der Waals surface area contributed by atoms with Crippen LogP contribution in [0.2, 0.25) is 0 Å². The van der Waals surface area contributed by atoms with Crippen LogP contribution in [0, 0.1) is 17.5 Å². The maximum Gasteiger partial charge on any atom is 0.573 e. The molecule has 0 amide bonds. The average molecular weight is 440 g/mol. The Bertz CT molecular complexity index is 1120. The van der Waals surface area contributed by atoms with E-state index >= 15 is 0 Å². The van der Waals surface area contributed by atoms with Crippen molar-refractivity contribution in [2.24, 2.45) is 0 Å². The Morgan fingerprint density at radius 1 is 0.935 bits per heavy atom. The summed E-state index contributed by atoms with van der Waals surface area (Å²) in [7, 11) is 0. The van der Waals surface area contributed by atoms with Gasteiger partial charge in [0.2, 0.25) is 5.95 Å². The van der Waals surface area contributed by atoms with Crippen LogP contribution in [0.5, 0.6) is 5.75 Å². The van der Waals surface area contributed by atoms with Crippen molar-refractivity contribution < 1.29 is 31.1 Å². The normalized spacial score (nSPS) is 13.7. The van der Waals surface area contributed by atoms with E-state index in [-0.39, 0.29) is 29.1 Å². The van der Waals surface area contributed by atoms with Gasteiger partial charge in [0.25, 0.3) is 0 Å². The molecule has 0 radical (unpaired) electrons. The molecular weight excluding hydrogens is 426 g/mol. The lowest BCUT2D eigenvalue weighted by atomic mass is 10.1. The van der Waals surface area contributed by atoms with E-state index in [0.717, 1.165) is 31.0 Å². The molecule has 162 valence electrons. The first-order chi connectivity index (χ1) is 14.7. The van der Waals surface area contributed by atoms with Crippen molar-refractivity contribution in [3.05, 3.63) is 59.9 Å². The van der Waals surface area contributed by atoms with Gasteiger partial charge < -0.3 is 15.4 Å². The number of alkyl halides is 3. The fourth-order valence-corrected chi connectivity index (χ4v) is 2.76. The largest absolute Gasteiger partial charge is 0.573 e. The lowest BCUT2D eigenvalue weighted by molar-refractivity contribution is -0.274. The molecular formula is C20H14F6N4O. The van der Waals surface area contributed by atoms with E-state index in [2.05, 4.69) is 25.3 Å². The van der Waals surface area contributed by atoms with Crippen molar-refractivity contribution in [2.75, 3.05) is 10.6 Å². The summed E-state index contributed by atoms with van der Waals surface area (Å²) < 4.78 is 83.1. The molecule has 2 N–H and O–H groups in total. The van der Waals surface area contributed by atoms with Gasteiger partial charge in [0.05, 0.1) is 5.69 Å². The molecule has 4 rings (SSSR count). The van der Waals surface area contributed by atoms with Crippen LogP contribution < -0.4 is 15.4 Å². The number of anilines is 3. The summed E-state index contributed by atoms with van der Waals surface area (Å²) in [5.41, 5.74) is -0.354. The van der Waals surface area contributed by atoms with Gasteiger partial charge >= 0.3 is 6.36 Å². The zero-order valence-electron chi connectivity index (χ0n) is 15.6. The molecule has 0 saturated heterocycles. The molecule has 0 atom stereocenters. The van der Waals surface area contributed by atoms with Gasteiger partial charge in [0.15, 0.2) is 11.6 Å².